The van der Waals surface area contributed by atoms with E-state index in [1.807, 2.05) is 36.4 Å². The lowest BCUT2D eigenvalue weighted by Gasteiger charge is -2.38. The van der Waals surface area contributed by atoms with Gasteiger partial charge in [-0.15, -0.1) is 0 Å². The molecular weight excluding hydrogens is 366 g/mol. The molecule has 1 saturated heterocycles. The van der Waals surface area contributed by atoms with Crippen molar-refractivity contribution >= 4 is 26.9 Å². The van der Waals surface area contributed by atoms with E-state index < -0.39 is 10.2 Å². The summed E-state index contributed by atoms with van der Waals surface area (Å²) in [4.78, 5) is 12.3. The molecule has 0 unspecified atom stereocenters. The summed E-state index contributed by atoms with van der Waals surface area (Å²) in [6.45, 7) is 0.974. The highest BCUT2D eigenvalue weighted by atomic mass is 32.2. The number of nitrogens with zero attached hydrogens (tertiary/aromatic N) is 2. The molecular formula is C19H25N3O4S. The molecule has 2 aromatic carbocycles. The summed E-state index contributed by atoms with van der Waals surface area (Å²) in [7, 11) is 1.19. The first-order valence-corrected chi connectivity index (χ1v) is 10.2. The number of carbonyl (C=O) groups excluding carboxylic acids is 1. The third-order valence-electron chi connectivity index (χ3n) is 4.88. The predicted molar refractivity (Wildman–Crippen MR) is 105 cm³/mol. The molecule has 1 N–H and O–H groups in total. The molecule has 3 rings (SSSR count). The molecule has 1 amide bonds. The molecule has 1 fully saturated rings. The van der Waals surface area contributed by atoms with Gasteiger partial charge in [-0.25, -0.2) is 0 Å². The van der Waals surface area contributed by atoms with Crippen molar-refractivity contribution < 1.29 is 17.9 Å². The Balaban J connectivity index is 1.55. The quantitative estimate of drug-likeness (QED) is 0.770. The lowest BCUT2D eigenvalue weighted by atomic mass is 10.0. The number of benzene rings is 2. The van der Waals surface area contributed by atoms with Crippen molar-refractivity contribution in [2.24, 2.45) is 5.92 Å². The summed E-state index contributed by atoms with van der Waals surface area (Å²) in [5, 5.41) is 5.16. The number of nitrogens with one attached hydrogen (secondary N) is 1. The molecule has 0 radical (unpaired) electrons. The summed E-state index contributed by atoms with van der Waals surface area (Å²) < 4.78 is 31.7. The Bertz CT molecular complexity index is 937. The minimum atomic E-state index is -3.43. The maximum absolute atomic E-state index is 12.3. The number of hydrogen-bond donors (Lipinski definition) is 1. The van der Waals surface area contributed by atoms with Crippen molar-refractivity contribution in [2.45, 2.75) is 6.42 Å². The molecule has 0 aromatic heterocycles. The number of carbonyl (C=O) groups is 1. The van der Waals surface area contributed by atoms with E-state index in [0.29, 0.717) is 13.0 Å². The van der Waals surface area contributed by atoms with Gasteiger partial charge in [0, 0.05) is 33.7 Å². The van der Waals surface area contributed by atoms with Crippen LogP contribution in [-0.2, 0) is 21.4 Å². The van der Waals surface area contributed by atoms with Crippen LogP contribution in [0.3, 0.4) is 0 Å². The van der Waals surface area contributed by atoms with Crippen LogP contribution in [0.2, 0.25) is 0 Å². The zero-order chi connectivity index (χ0) is 19.6. The lowest BCUT2D eigenvalue weighted by Crippen LogP contribution is -2.58. The van der Waals surface area contributed by atoms with Crippen LogP contribution in [0.5, 0.6) is 5.75 Å². The molecule has 1 heterocycles. The van der Waals surface area contributed by atoms with E-state index >= 15 is 0 Å². The molecule has 1 aliphatic heterocycles. The van der Waals surface area contributed by atoms with E-state index in [0.717, 1.165) is 26.4 Å². The van der Waals surface area contributed by atoms with Crippen molar-refractivity contribution in [1.29, 1.82) is 0 Å². The topological polar surface area (TPSA) is 79.0 Å². The van der Waals surface area contributed by atoms with Crippen LogP contribution in [0, 0.1) is 5.92 Å². The van der Waals surface area contributed by atoms with E-state index in [-0.39, 0.29) is 24.9 Å². The van der Waals surface area contributed by atoms with Gasteiger partial charge in [0.1, 0.15) is 5.75 Å². The van der Waals surface area contributed by atoms with Crippen molar-refractivity contribution in [1.82, 2.24) is 13.9 Å². The molecule has 146 valence electrons. The fourth-order valence-corrected chi connectivity index (χ4v) is 4.35. The van der Waals surface area contributed by atoms with Crippen LogP contribution >= 0.6 is 0 Å². The third kappa shape index (κ3) is 4.07. The second-order valence-corrected chi connectivity index (χ2v) is 8.99. The lowest BCUT2D eigenvalue weighted by molar-refractivity contribution is -0.128. The zero-order valence-electron chi connectivity index (χ0n) is 15.8. The molecule has 0 atom stereocenters. The van der Waals surface area contributed by atoms with Crippen molar-refractivity contribution in [2.75, 3.05) is 40.8 Å². The molecule has 0 saturated carbocycles. The van der Waals surface area contributed by atoms with E-state index in [2.05, 4.69) is 5.32 Å². The molecule has 7 nitrogen and oxygen atoms in total. The van der Waals surface area contributed by atoms with Crippen LogP contribution in [-0.4, -0.2) is 63.8 Å². The fourth-order valence-electron chi connectivity index (χ4n) is 3.15. The van der Waals surface area contributed by atoms with Gasteiger partial charge < -0.3 is 10.1 Å². The highest BCUT2D eigenvalue weighted by molar-refractivity contribution is 7.86. The normalized spacial score (nSPS) is 15.7. The number of hydrogen-bond acceptors (Lipinski definition) is 4. The van der Waals surface area contributed by atoms with Gasteiger partial charge in [0.05, 0.1) is 13.0 Å². The van der Waals surface area contributed by atoms with Crippen LogP contribution in [0.1, 0.15) is 5.56 Å². The van der Waals surface area contributed by atoms with Crippen molar-refractivity contribution in [3.8, 4) is 5.75 Å². The molecule has 0 bridgehead atoms. The summed E-state index contributed by atoms with van der Waals surface area (Å²) in [6, 6.07) is 12.0. The van der Waals surface area contributed by atoms with Gasteiger partial charge in [-0.2, -0.15) is 17.0 Å². The standard InChI is InChI=1S/C19H25N3O4S/c1-21(2)27(24,25)22-12-16(13-22)19(23)20-10-9-15-6-4-5-14-7-8-17(26-3)11-18(14)15/h4-8,11,16H,9-10,12-13H2,1-3H3,(H,20,23). The summed E-state index contributed by atoms with van der Waals surface area (Å²) >= 11 is 0. The van der Waals surface area contributed by atoms with Gasteiger partial charge in [0.25, 0.3) is 10.2 Å². The van der Waals surface area contributed by atoms with Crippen LogP contribution in [0.15, 0.2) is 36.4 Å². The molecule has 0 spiro atoms. The van der Waals surface area contributed by atoms with E-state index in [4.69, 9.17) is 4.74 Å². The minimum absolute atomic E-state index is 0.0991. The Morgan fingerprint density at radius 2 is 2.00 bits per heavy atom. The summed E-state index contributed by atoms with van der Waals surface area (Å²) in [6.07, 6.45) is 0.697. The third-order valence-corrected chi connectivity index (χ3v) is 6.75. The second-order valence-electron chi connectivity index (χ2n) is 6.85. The molecule has 0 aliphatic carbocycles. The highest BCUT2D eigenvalue weighted by Gasteiger charge is 2.40. The van der Waals surface area contributed by atoms with Gasteiger partial charge in [0.15, 0.2) is 0 Å². The first-order chi connectivity index (χ1) is 12.8. The van der Waals surface area contributed by atoms with Crippen LogP contribution in [0.25, 0.3) is 10.8 Å². The molecule has 27 heavy (non-hydrogen) atoms. The Labute approximate surface area is 160 Å². The Morgan fingerprint density at radius 3 is 2.67 bits per heavy atom. The largest absolute Gasteiger partial charge is 0.497 e. The summed E-state index contributed by atoms with van der Waals surface area (Å²) in [5.74, 6) is 0.418. The zero-order valence-corrected chi connectivity index (χ0v) is 16.6. The van der Waals surface area contributed by atoms with Crippen molar-refractivity contribution in [3.63, 3.8) is 0 Å². The number of amides is 1. The first kappa shape index (κ1) is 19.6. The number of ether oxygens (including phenoxy) is 1. The minimum Gasteiger partial charge on any atom is -0.497 e. The van der Waals surface area contributed by atoms with E-state index in [1.54, 1.807) is 7.11 Å². The van der Waals surface area contributed by atoms with Gasteiger partial charge in [-0.3, -0.25) is 4.79 Å². The Hall–Kier alpha value is -2.16. The van der Waals surface area contributed by atoms with Crippen LogP contribution in [0.4, 0.5) is 0 Å². The molecule has 1 aliphatic rings. The summed E-state index contributed by atoms with van der Waals surface area (Å²) in [5.41, 5.74) is 1.14. The highest BCUT2D eigenvalue weighted by Crippen LogP contribution is 2.24. The average Bonchev–Trinajstić information content (AvgIpc) is 2.59. The van der Waals surface area contributed by atoms with Gasteiger partial charge in [-0.1, -0.05) is 24.3 Å². The maximum atomic E-state index is 12.3. The Kier molecular flexibility index (Phi) is 5.69. The number of rotatable bonds is 7. The monoisotopic (exact) mass is 391 g/mol. The first-order valence-electron chi connectivity index (χ1n) is 8.84. The predicted octanol–water partition coefficient (Wildman–Crippen LogP) is 1.25. The average molecular weight is 391 g/mol. The van der Waals surface area contributed by atoms with Crippen LogP contribution < -0.4 is 10.1 Å². The smallest absolute Gasteiger partial charge is 0.281 e. The Morgan fingerprint density at radius 1 is 1.26 bits per heavy atom. The SMILES string of the molecule is COc1ccc2cccc(CCNC(=O)C3CN(S(=O)(=O)N(C)C)C3)c2c1. The van der Waals surface area contributed by atoms with E-state index in [1.165, 1.54) is 18.4 Å². The molecule has 2 aromatic rings. The van der Waals surface area contributed by atoms with Crippen molar-refractivity contribution in [3.05, 3.63) is 42.0 Å². The van der Waals surface area contributed by atoms with Gasteiger partial charge >= 0.3 is 0 Å². The number of fused-ring (bicyclic) bond motifs is 1. The van der Waals surface area contributed by atoms with E-state index in [9.17, 15) is 13.2 Å². The molecule has 8 heteroatoms. The van der Waals surface area contributed by atoms with Gasteiger partial charge in [0.2, 0.25) is 5.91 Å². The van der Waals surface area contributed by atoms with Gasteiger partial charge in [-0.05, 0) is 34.9 Å². The maximum Gasteiger partial charge on any atom is 0.281 e. The number of methoxy groups -OCH3 is 1. The fraction of sp³-hybridized carbons (Fsp3) is 0.421. The second kappa shape index (κ2) is 7.84.